The third kappa shape index (κ3) is 3.84. The molecule has 0 aromatic carbocycles. The molecule has 0 saturated heterocycles. The van der Waals surface area contributed by atoms with Crippen molar-refractivity contribution in [2.75, 3.05) is 6.54 Å². The number of rotatable bonds is 5. The SMILES string of the molecule is Cc1ccc(/C=C/C(=O)NCC(C)c2c(C)noc2C)o1. The molecule has 1 N–H and O–H groups in total. The van der Waals surface area contributed by atoms with Crippen LogP contribution < -0.4 is 5.32 Å². The molecule has 1 atom stereocenters. The monoisotopic (exact) mass is 288 g/mol. The van der Waals surface area contributed by atoms with E-state index < -0.39 is 0 Å². The minimum absolute atomic E-state index is 0.150. The summed E-state index contributed by atoms with van der Waals surface area (Å²) in [7, 11) is 0. The van der Waals surface area contributed by atoms with Gasteiger partial charge in [-0.3, -0.25) is 4.79 Å². The second kappa shape index (κ2) is 6.43. The highest BCUT2D eigenvalue weighted by atomic mass is 16.5. The summed E-state index contributed by atoms with van der Waals surface area (Å²) < 4.78 is 10.5. The van der Waals surface area contributed by atoms with Crippen LogP contribution in [0.3, 0.4) is 0 Å². The summed E-state index contributed by atoms with van der Waals surface area (Å²) in [4.78, 5) is 11.8. The minimum atomic E-state index is -0.150. The van der Waals surface area contributed by atoms with Crippen LogP contribution in [0.1, 0.15) is 41.4 Å². The highest BCUT2D eigenvalue weighted by molar-refractivity contribution is 5.91. The molecular formula is C16H20N2O3. The largest absolute Gasteiger partial charge is 0.462 e. The molecule has 1 amide bonds. The fourth-order valence-corrected chi connectivity index (χ4v) is 2.31. The van der Waals surface area contributed by atoms with Gasteiger partial charge in [-0.25, -0.2) is 0 Å². The van der Waals surface area contributed by atoms with E-state index in [-0.39, 0.29) is 11.8 Å². The maximum absolute atomic E-state index is 11.8. The van der Waals surface area contributed by atoms with E-state index in [0.717, 1.165) is 22.8 Å². The zero-order chi connectivity index (χ0) is 15.4. The van der Waals surface area contributed by atoms with Gasteiger partial charge in [0.15, 0.2) is 0 Å². The summed E-state index contributed by atoms with van der Waals surface area (Å²) >= 11 is 0. The molecule has 0 aliphatic carbocycles. The topological polar surface area (TPSA) is 68.3 Å². The molecule has 1 unspecified atom stereocenters. The molecule has 2 heterocycles. The Morgan fingerprint density at radius 2 is 2.14 bits per heavy atom. The lowest BCUT2D eigenvalue weighted by molar-refractivity contribution is -0.116. The highest BCUT2D eigenvalue weighted by Crippen LogP contribution is 2.22. The van der Waals surface area contributed by atoms with Crippen molar-refractivity contribution in [3.05, 3.63) is 46.7 Å². The van der Waals surface area contributed by atoms with Gasteiger partial charge < -0.3 is 14.3 Å². The van der Waals surface area contributed by atoms with Crippen molar-refractivity contribution in [3.8, 4) is 0 Å². The molecule has 2 aromatic heterocycles. The molecule has 5 heteroatoms. The number of hydrogen-bond acceptors (Lipinski definition) is 4. The number of nitrogens with one attached hydrogen (secondary N) is 1. The maximum atomic E-state index is 11.8. The number of carbonyl (C=O) groups excluding carboxylic acids is 1. The van der Waals surface area contributed by atoms with Gasteiger partial charge in [0, 0.05) is 24.1 Å². The lowest BCUT2D eigenvalue weighted by Gasteiger charge is -2.11. The number of furan rings is 1. The van der Waals surface area contributed by atoms with Gasteiger partial charge in [0.2, 0.25) is 5.91 Å². The smallest absolute Gasteiger partial charge is 0.244 e. The van der Waals surface area contributed by atoms with Crippen LogP contribution in [0.25, 0.3) is 6.08 Å². The summed E-state index contributed by atoms with van der Waals surface area (Å²) in [5.74, 6) is 2.29. The number of hydrogen-bond donors (Lipinski definition) is 1. The van der Waals surface area contributed by atoms with E-state index in [9.17, 15) is 4.79 Å². The maximum Gasteiger partial charge on any atom is 0.244 e. The Bertz CT molecular complexity index is 633. The first-order valence-corrected chi connectivity index (χ1v) is 6.92. The molecule has 0 aliphatic heterocycles. The number of carbonyl (C=O) groups is 1. The summed E-state index contributed by atoms with van der Waals surface area (Å²) in [5, 5.41) is 6.79. The second-order valence-electron chi connectivity index (χ2n) is 5.17. The molecule has 21 heavy (non-hydrogen) atoms. The molecule has 0 saturated carbocycles. The third-order valence-electron chi connectivity index (χ3n) is 3.32. The van der Waals surface area contributed by atoms with Crippen LogP contribution in [0.15, 0.2) is 27.1 Å². The quantitative estimate of drug-likeness (QED) is 0.858. The van der Waals surface area contributed by atoms with Crippen LogP contribution in [-0.2, 0) is 4.79 Å². The Morgan fingerprint density at radius 3 is 2.71 bits per heavy atom. The van der Waals surface area contributed by atoms with Gasteiger partial charge in [-0.05, 0) is 39.0 Å². The van der Waals surface area contributed by atoms with Crippen molar-refractivity contribution in [2.45, 2.75) is 33.6 Å². The van der Waals surface area contributed by atoms with Crippen molar-refractivity contribution in [3.63, 3.8) is 0 Å². The Labute approximate surface area is 124 Å². The van der Waals surface area contributed by atoms with E-state index >= 15 is 0 Å². The molecule has 2 aromatic rings. The zero-order valence-corrected chi connectivity index (χ0v) is 12.8. The van der Waals surface area contributed by atoms with Crippen LogP contribution in [0.4, 0.5) is 0 Å². The van der Waals surface area contributed by atoms with E-state index in [1.165, 1.54) is 6.08 Å². The van der Waals surface area contributed by atoms with E-state index in [4.69, 9.17) is 8.94 Å². The Hall–Kier alpha value is -2.30. The summed E-state index contributed by atoms with van der Waals surface area (Å²) in [6.07, 6.45) is 3.13. The summed E-state index contributed by atoms with van der Waals surface area (Å²) in [6, 6.07) is 3.68. The Kier molecular flexibility index (Phi) is 4.62. The van der Waals surface area contributed by atoms with Gasteiger partial charge in [0.05, 0.1) is 5.69 Å². The first-order valence-electron chi connectivity index (χ1n) is 6.92. The van der Waals surface area contributed by atoms with E-state index in [2.05, 4.69) is 10.5 Å². The first kappa shape index (κ1) is 15.1. The van der Waals surface area contributed by atoms with Gasteiger partial charge in [0.1, 0.15) is 17.3 Å². The third-order valence-corrected chi connectivity index (χ3v) is 3.32. The highest BCUT2D eigenvalue weighted by Gasteiger charge is 2.16. The van der Waals surface area contributed by atoms with Crippen molar-refractivity contribution >= 4 is 12.0 Å². The van der Waals surface area contributed by atoms with Crippen LogP contribution in [-0.4, -0.2) is 17.6 Å². The van der Waals surface area contributed by atoms with Crippen molar-refractivity contribution in [1.82, 2.24) is 10.5 Å². The number of aromatic nitrogens is 1. The second-order valence-corrected chi connectivity index (χ2v) is 5.17. The number of amides is 1. The molecule has 0 spiro atoms. The van der Waals surface area contributed by atoms with Gasteiger partial charge in [-0.1, -0.05) is 12.1 Å². The predicted octanol–water partition coefficient (Wildman–Crippen LogP) is 3.13. The predicted molar refractivity (Wildman–Crippen MR) is 79.9 cm³/mol. The Morgan fingerprint density at radius 1 is 1.38 bits per heavy atom. The van der Waals surface area contributed by atoms with Crippen molar-refractivity contribution < 1.29 is 13.7 Å². The summed E-state index contributed by atoms with van der Waals surface area (Å²) in [6.45, 7) is 8.22. The van der Waals surface area contributed by atoms with Crippen molar-refractivity contribution in [2.24, 2.45) is 0 Å². The minimum Gasteiger partial charge on any atom is -0.462 e. The van der Waals surface area contributed by atoms with Crippen LogP contribution in [0, 0.1) is 20.8 Å². The van der Waals surface area contributed by atoms with Crippen LogP contribution in [0.2, 0.25) is 0 Å². The molecule has 0 fully saturated rings. The van der Waals surface area contributed by atoms with Gasteiger partial charge in [-0.15, -0.1) is 0 Å². The van der Waals surface area contributed by atoms with Crippen molar-refractivity contribution in [1.29, 1.82) is 0 Å². The fraction of sp³-hybridized carbons (Fsp3) is 0.375. The lowest BCUT2D eigenvalue weighted by Crippen LogP contribution is -2.26. The zero-order valence-electron chi connectivity index (χ0n) is 12.8. The molecule has 0 aliphatic rings. The van der Waals surface area contributed by atoms with E-state index in [1.54, 1.807) is 6.08 Å². The molecular weight excluding hydrogens is 268 g/mol. The normalized spacial score (nSPS) is 12.8. The van der Waals surface area contributed by atoms with Crippen LogP contribution in [0.5, 0.6) is 0 Å². The summed E-state index contributed by atoms with van der Waals surface area (Å²) in [5.41, 5.74) is 1.93. The first-order chi connectivity index (χ1) is 9.97. The average molecular weight is 288 g/mol. The van der Waals surface area contributed by atoms with Gasteiger partial charge in [-0.2, -0.15) is 0 Å². The van der Waals surface area contributed by atoms with E-state index in [1.807, 2.05) is 39.8 Å². The lowest BCUT2D eigenvalue weighted by atomic mass is 9.99. The van der Waals surface area contributed by atoms with Gasteiger partial charge in [0.25, 0.3) is 0 Å². The molecule has 0 radical (unpaired) electrons. The van der Waals surface area contributed by atoms with Gasteiger partial charge >= 0.3 is 0 Å². The average Bonchev–Trinajstić information content (AvgIpc) is 3.00. The standard InChI is InChI=1S/C16H20N2O3/c1-10(16-12(3)18-21-13(16)4)9-17-15(19)8-7-14-6-5-11(2)20-14/h5-8,10H,9H2,1-4H3,(H,17,19)/b8-7+. The van der Waals surface area contributed by atoms with Crippen LogP contribution >= 0.6 is 0 Å². The Balaban J connectivity index is 1.88. The molecule has 0 bridgehead atoms. The van der Waals surface area contributed by atoms with E-state index in [0.29, 0.717) is 12.3 Å². The fourth-order valence-electron chi connectivity index (χ4n) is 2.31. The molecule has 2 rings (SSSR count). The molecule has 5 nitrogen and oxygen atoms in total. The number of aryl methyl sites for hydroxylation is 3. The number of nitrogens with zero attached hydrogens (tertiary/aromatic N) is 1. The molecule has 112 valence electrons.